The van der Waals surface area contributed by atoms with Gasteiger partial charge in [0.1, 0.15) is 12.6 Å². The van der Waals surface area contributed by atoms with Gasteiger partial charge in [-0.25, -0.2) is 8.42 Å². The first-order valence-corrected chi connectivity index (χ1v) is 18.2. The highest BCUT2D eigenvalue weighted by atomic mass is 79.9. The maximum absolute atomic E-state index is 14.6. The summed E-state index contributed by atoms with van der Waals surface area (Å²) in [6.07, 6.45) is 0.985. The Labute approximate surface area is 288 Å². The first kappa shape index (κ1) is 35.9. The number of hydrogen-bond acceptors (Lipinski definition) is 4. The fourth-order valence-corrected chi connectivity index (χ4v) is 6.85. The lowest BCUT2D eigenvalue weighted by molar-refractivity contribution is -0.140. The van der Waals surface area contributed by atoms with Gasteiger partial charge in [-0.1, -0.05) is 109 Å². The van der Waals surface area contributed by atoms with Crippen LogP contribution in [0.4, 0.5) is 5.69 Å². The van der Waals surface area contributed by atoms with E-state index in [2.05, 4.69) is 35.1 Å². The molecule has 0 aromatic heterocycles. The van der Waals surface area contributed by atoms with Crippen molar-refractivity contribution in [1.29, 1.82) is 0 Å². The molecule has 9 heteroatoms. The predicted octanol–water partition coefficient (Wildman–Crippen LogP) is 7.63. The van der Waals surface area contributed by atoms with E-state index in [0.717, 1.165) is 37.5 Å². The van der Waals surface area contributed by atoms with Crippen molar-refractivity contribution in [2.45, 2.75) is 76.9 Å². The Morgan fingerprint density at radius 3 is 2.00 bits per heavy atom. The number of hydrogen-bond donors (Lipinski definition) is 1. The van der Waals surface area contributed by atoms with E-state index in [1.807, 2.05) is 87.5 Å². The highest BCUT2D eigenvalue weighted by Gasteiger charge is 2.35. The molecular weight excluding hydrogens is 674 g/mol. The molecule has 2 amide bonds. The largest absolute Gasteiger partial charge is 0.352 e. The van der Waals surface area contributed by atoms with Gasteiger partial charge in [-0.2, -0.15) is 0 Å². The molecule has 4 rings (SSSR count). The minimum Gasteiger partial charge on any atom is -0.352 e. The van der Waals surface area contributed by atoms with Crippen LogP contribution >= 0.6 is 15.9 Å². The Morgan fingerprint density at radius 1 is 0.809 bits per heavy atom. The van der Waals surface area contributed by atoms with Gasteiger partial charge >= 0.3 is 0 Å². The van der Waals surface area contributed by atoms with Crippen molar-refractivity contribution in [1.82, 2.24) is 10.2 Å². The summed E-state index contributed by atoms with van der Waals surface area (Å²) in [5, 5.41) is 3.07. The average molecular weight is 719 g/mol. The Balaban J connectivity index is 1.81. The van der Waals surface area contributed by atoms with Gasteiger partial charge in [0, 0.05) is 23.5 Å². The number of nitrogens with zero attached hydrogens (tertiary/aromatic N) is 2. The molecule has 4 aromatic carbocycles. The monoisotopic (exact) mass is 717 g/mol. The summed E-state index contributed by atoms with van der Waals surface area (Å²) in [5.74, 6) is -0.531. The minimum absolute atomic E-state index is 0.0821. The topological polar surface area (TPSA) is 86.8 Å². The predicted molar refractivity (Wildman–Crippen MR) is 193 cm³/mol. The third-order valence-corrected chi connectivity index (χ3v) is 10.6. The van der Waals surface area contributed by atoms with Crippen LogP contribution in [-0.2, 0) is 32.6 Å². The second kappa shape index (κ2) is 16.2. The molecule has 0 aliphatic rings. The van der Waals surface area contributed by atoms with Gasteiger partial charge in [0.15, 0.2) is 0 Å². The van der Waals surface area contributed by atoms with Crippen LogP contribution in [-0.4, -0.2) is 43.8 Å². The number of nitrogens with one attached hydrogen (secondary N) is 1. The van der Waals surface area contributed by atoms with Crippen molar-refractivity contribution >= 4 is 43.5 Å². The highest BCUT2D eigenvalue weighted by Crippen LogP contribution is 2.27. The van der Waals surface area contributed by atoms with Crippen LogP contribution in [0.2, 0.25) is 0 Å². The number of sulfonamides is 1. The van der Waals surface area contributed by atoms with Gasteiger partial charge in [0.05, 0.1) is 10.6 Å². The molecular formula is C38H44BrN3O4S. The lowest BCUT2D eigenvalue weighted by Gasteiger charge is -2.34. The Morgan fingerprint density at radius 2 is 1.43 bits per heavy atom. The molecule has 0 radical (unpaired) electrons. The molecule has 0 aliphatic carbocycles. The number of halogens is 1. The van der Waals surface area contributed by atoms with Crippen molar-refractivity contribution in [2.75, 3.05) is 10.8 Å². The van der Waals surface area contributed by atoms with Crippen LogP contribution in [0.3, 0.4) is 0 Å². The van der Waals surface area contributed by atoms with E-state index < -0.39 is 28.5 Å². The second-order valence-electron chi connectivity index (χ2n) is 12.2. The summed E-state index contributed by atoms with van der Waals surface area (Å²) in [4.78, 5) is 30.2. The molecule has 0 aliphatic heterocycles. The van der Waals surface area contributed by atoms with Gasteiger partial charge in [-0.15, -0.1) is 0 Å². The molecule has 4 aromatic rings. The number of aryl methyl sites for hydroxylation is 1. The van der Waals surface area contributed by atoms with E-state index in [0.29, 0.717) is 5.69 Å². The van der Waals surface area contributed by atoms with Crippen molar-refractivity contribution in [2.24, 2.45) is 0 Å². The van der Waals surface area contributed by atoms with Gasteiger partial charge in [0.2, 0.25) is 11.8 Å². The molecule has 0 bridgehead atoms. The van der Waals surface area contributed by atoms with Gasteiger partial charge in [-0.05, 0) is 79.3 Å². The zero-order chi connectivity index (χ0) is 34.1. The molecule has 0 saturated carbocycles. The van der Waals surface area contributed by atoms with Gasteiger partial charge in [0.25, 0.3) is 10.0 Å². The van der Waals surface area contributed by atoms with E-state index >= 15 is 0 Å². The molecule has 1 N–H and O–H groups in total. The van der Waals surface area contributed by atoms with E-state index in [4.69, 9.17) is 0 Å². The van der Waals surface area contributed by atoms with E-state index in [-0.39, 0.29) is 35.7 Å². The third kappa shape index (κ3) is 9.55. The fraction of sp³-hybridized carbons (Fsp3) is 0.316. The Kier molecular flexibility index (Phi) is 12.4. The molecule has 0 saturated heterocycles. The molecule has 0 unspecified atom stereocenters. The van der Waals surface area contributed by atoms with Gasteiger partial charge < -0.3 is 10.2 Å². The summed E-state index contributed by atoms with van der Waals surface area (Å²) in [6.45, 7) is 9.56. The van der Waals surface area contributed by atoms with Crippen LogP contribution < -0.4 is 9.62 Å². The Bertz CT molecular complexity index is 1730. The average Bonchev–Trinajstić information content (AvgIpc) is 3.06. The number of carbonyl (C=O) groups excluding carboxylic acids is 2. The SMILES string of the molecule is CC[C@@H](C)NC(=O)[C@@H](Cc1ccccc1)N(Cc1ccc(Br)cc1)C(=O)CN(c1ccc(C(C)C)cc1)S(=O)(=O)c1ccc(C)cc1. The molecule has 7 nitrogen and oxygen atoms in total. The quantitative estimate of drug-likeness (QED) is 0.145. The number of rotatable bonds is 14. The minimum atomic E-state index is -4.16. The van der Waals surface area contributed by atoms with Crippen molar-refractivity contribution in [3.05, 3.63) is 130 Å². The van der Waals surface area contributed by atoms with Crippen molar-refractivity contribution in [3.8, 4) is 0 Å². The normalized spacial score (nSPS) is 12.7. The maximum atomic E-state index is 14.6. The molecule has 2 atom stereocenters. The fourth-order valence-electron chi connectivity index (χ4n) is 5.17. The highest BCUT2D eigenvalue weighted by molar-refractivity contribution is 9.10. The molecule has 0 heterocycles. The third-order valence-electron chi connectivity index (χ3n) is 8.27. The molecule has 47 heavy (non-hydrogen) atoms. The summed E-state index contributed by atoms with van der Waals surface area (Å²) >= 11 is 3.47. The Hall–Kier alpha value is -3.95. The maximum Gasteiger partial charge on any atom is 0.264 e. The summed E-state index contributed by atoms with van der Waals surface area (Å²) in [6, 6.07) is 30.0. The lowest BCUT2D eigenvalue weighted by Crippen LogP contribution is -2.54. The lowest BCUT2D eigenvalue weighted by atomic mass is 10.0. The summed E-state index contributed by atoms with van der Waals surface area (Å²) in [5.41, 5.74) is 4.04. The van der Waals surface area contributed by atoms with Crippen LogP contribution in [0.1, 0.15) is 62.3 Å². The van der Waals surface area contributed by atoms with E-state index in [1.165, 1.54) is 4.90 Å². The van der Waals surface area contributed by atoms with Crippen LogP contribution in [0.25, 0.3) is 0 Å². The van der Waals surface area contributed by atoms with E-state index in [9.17, 15) is 18.0 Å². The molecule has 0 spiro atoms. The van der Waals surface area contributed by atoms with Gasteiger partial charge in [-0.3, -0.25) is 13.9 Å². The first-order chi connectivity index (χ1) is 22.4. The van der Waals surface area contributed by atoms with Crippen LogP contribution in [0.5, 0.6) is 0 Å². The zero-order valence-electron chi connectivity index (χ0n) is 27.7. The summed E-state index contributed by atoms with van der Waals surface area (Å²) in [7, 11) is -4.16. The second-order valence-corrected chi connectivity index (χ2v) is 15.0. The summed E-state index contributed by atoms with van der Waals surface area (Å²) < 4.78 is 30.6. The number of carbonyl (C=O) groups is 2. The van der Waals surface area contributed by atoms with Crippen molar-refractivity contribution < 1.29 is 18.0 Å². The van der Waals surface area contributed by atoms with E-state index in [1.54, 1.807) is 36.4 Å². The van der Waals surface area contributed by atoms with Crippen molar-refractivity contribution in [3.63, 3.8) is 0 Å². The van der Waals surface area contributed by atoms with Crippen LogP contribution in [0, 0.1) is 6.92 Å². The zero-order valence-corrected chi connectivity index (χ0v) is 30.1. The number of anilines is 1. The van der Waals surface area contributed by atoms with Crippen LogP contribution in [0.15, 0.2) is 112 Å². The first-order valence-electron chi connectivity index (χ1n) is 16.0. The molecule has 0 fully saturated rings. The molecule has 248 valence electrons. The number of benzene rings is 4. The standard InChI is InChI=1S/C38H44BrN3O4S/c1-6-29(5)40-38(44)36(24-30-10-8-7-9-11-30)41(25-31-14-18-33(39)19-15-31)37(43)26-42(34-20-16-32(17-21-34)27(2)3)47(45,46)35-22-12-28(4)13-23-35/h7-23,27,29,36H,6,24-26H2,1-5H3,(H,40,44)/t29-,36-/m1/s1. The smallest absolute Gasteiger partial charge is 0.264 e. The number of amides is 2.